The summed E-state index contributed by atoms with van der Waals surface area (Å²) in [6.45, 7) is 8.59. The Bertz CT molecular complexity index is 517. The Kier molecular flexibility index (Phi) is 3.48. The highest BCUT2D eigenvalue weighted by molar-refractivity contribution is 7.12. The lowest BCUT2D eigenvalue weighted by Crippen LogP contribution is -2.08. The van der Waals surface area contributed by atoms with Crippen LogP contribution in [0.15, 0.2) is 24.4 Å². The quantitative estimate of drug-likeness (QED) is 0.876. The Morgan fingerprint density at radius 1 is 1.24 bits per heavy atom. The molecule has 2 rings (SSSR count). The first-order valence-electron chi connectivity index (χ1n) is 5.82. The Morgan fingerprint density at radius 2 is 2.00 bits per heavy atom. The first-order valence-corrected chi connectivity index (χ1v) is 6.64. The molecular formula is C14H18N2S. The summed E-state index contributed by atoms with van der Waals surface area (Å²) < 4.78 is 0. The van der Waals surface area contributed by atoms with E-state index in [1.54, 1.807) is 0 Å². The molecule has 2 heterocycles. The number of nitrogens with one attached hydrogen (secondary N) is 1. The number of aryl methyl sites for hydroxylation is 3. The Labute approximate surface area is 107 Å². The molecule has 3 heteroatoms. The minimum Gasteiger partial charge on any atom is -0.364 e. The Balaban J connectivity index is 2.16. The number of nitrogens with zero attached hydrogens (tertiary/aromatic N) is 1. The smallest absolute Gasteiger partial charge is 0.126 e. The highest BCUT2D eigenvalue weighted by Gasteiger charge is 2.11. The molecule has 0 aliphatic heterocycles. The Hall–Kier alpha value is -1.35. The van der Waals surface area contributed by atoms with Crippen molar-refractivity contribution in [2.45, 2.75) is 33.7 Å². The predicted octanol–water partition coefficient (Wildman–Crippen LogP) is 4.24. The van der Waals surface area contributed by atoms with Crippen molar-refractivity contribution in [3.8, 4) is 0 Å². The number of pyridine rings is 1. The number of rotatable bonds is 3. The molecule has 2 nitrogen and oxygen atoms in total. The molecule has 0 bridgehead atoms. The maximum absolute atomic E-state index is 4.33. The molecule has 2 aromatic heterocycles. The summed E-state index contributed by atoms with van der Waals surface area (Å²) in [5.74, 6) is 0.945. The van der Waals surface area contributed by atoms with Crippen molar-refractivity contribution in [3.05, 3.63) is 45.3 Å². The van der Waals surface area contributed by atoms with E-state index in [4.69, 9.17) is 0 Å². The standard InChI is InChI=1S/C14H18N2S/c1-9-5-6-15-14(7-9)16-11(3)13-8-10(2)17-12(13)4/h5-8,11H,1-4H3,(H,15,16). The van der Waals surface area contributed by atoms with Crippen LogP contribution in [0.25, 0.3) is 0 Å². The van der Waals surface area contributed by atoms with Crippen LogP contribution in [-0.4, -0.2) is 4.98 Å². The van der Waals surface area contributed by atoms with Crippen LogP contribution in [0.2, 0.25) is 0 Å². The molecule has 17 heavy (non-hydrogen) atoms. The van der Waals surface area contributed by atoms with Crippen LogP contribution in [0, 0.1) is 20.8 Å². The fourth-order valence-electron chi connectivity index (χ4n) is 2.00. The molecule has 1 atom stereocenters. The largest absolute Gasteiger partial charge is 0.364 e. The van der Waals surface area contributed by atoms with E-state index in [9.17, 15) is 0 Å². The fourth-order valence-corrected chi connectivity index (χ4v) is 3.02. The van der Waals surface area contributed by atoms with Crippen molar-refractivity contribution in [2.75, 3.05) is 5.32 Å². The molecule has 1 unspecified atom stereocenters. The average Bonchev–Trinajstić information content (AvgIpc) is 2.58. The highest BCUT2D eigenvalue weighted by atomic mass is 32.1. The second-order valence-corrected chi connectivity index (χ2v) is 5.91. The zero-order valence-electron chi connectivity index (χ0n) is 10.7. The van der Waals surface area contributed by atoms with Gasteiger partial charge in [0, 0.05) is 16.0 Å². The predicted molar refractivity (Wildman–Crippen MR) is 74.8 cm³/mol. The summed E-state index contributed by atoms with van der Waals surface area (Å²) in [5.41, 5.74) is 2.60. The summed E-state index contributed by atoms with van der Waals surface area (Å²) in [7, 11) is 0. The molecule has 1 N–H and O–H groups in total. The van der Waals surface area contributed by atoms with Gasteiger partial charge in [0.1, 0.15) is 5.82 Å². The third-order valence-electron chi connectivity index (χ3n) is 2.83. The summed E-state index contributed by atoms with van der Waals surface area (Å²) >= 11 is 1.85. The topological polar surface area (TPSA) is 24.9 Å². The number of thiophene rings is 1. The van der Waals surface area contributed by atoms with Gasteiger partial charge < -0.3 is 5.32 Å². The molecular weight excluding hydrogens is 228 g/mol. The van der Waals surface area contributed by atoms with Gasteiger partial charge in [-0.05, 0) is 57.0 Å². The van der Waals surface area contributed by atoms with Crippen LogP contribution in [0.1, 0.15) is 33.8 Å². The van der Waals surface area contributed by atoms with Crippen molar-refractivity contribution in [3.63, 3.8) is 0 Å². The van der Waals surface area contributed by atoms with Crippen LogP contribution in [0.4, 0.5) is 5.82 Å². The van der Waals surface area contributed by atoms with Crippen molar-refractivity contribution in [2.24, 2.45) is 0 Å². The molecule has 2 aromatic rings. The van der Waals surface area contributed by atoms with Gasteiger partial charge in [-0.25, -0.2) is 4.98 Å². The highest BCUT2D eigenvalue weighted by Crippen LogP contribution is 2.28. The van der Waals surface area contributed by atoms with Gasteiger partial charge >= 0.3 is 0 Å². The molecule has 0 aliphatic rings. The van der Waals surface area contributed by atoms with Crippen LogP contribution in [0.3, 0.4) is 0 Å². The van der Waals surface area contributed by atoms with Gasteiger partial charge in [-0.1, -0.05) is 0 Å². The first kappa shape index (κ1) is 12.1. The van der Waals surface area contributed by atoms with E-state index in [0.29, 0.717) is 6.04 Å². The van der Waals surface area contributed by atoms with Crippen LogP contribution in [-0.2, 0) is 0 Å². The second kappa shape index (κ2) is 4.88. The van der Waals surface area contributed by atoms with E-state index in [2.05, 4.69) is 50.1 Å². The second-order valence-electron chi connectivity index (χ2n) is 4.45. The third-order valence-corrected chi connectivity index (χ3v) is 3.81. The maximum atomic E-state index is 4.33. The zero-order valence-corrected chi connectivity index (χ0v) is 11.6. The first-order chi connectivity index (χ1) is 8.06. The van der Waals surface area contributed by atoms with Gasteiger partial charge in [-0.15, -0.1) is 11.3 Å². The lowest BCUT2D eigenvalue weighted by atomic mass is 10.1. The van der Waals surface area contributed by atoms with E-state index in [1.807, 2.05) is 23.6 Å². The minimum absolute atomic E-state index is 0.300. The lowest BCUT2D eigenvalue weighted by molar-refractivity contribution is 0.871. The molecule has 0 fully saturated rings. The minimum atomic E-state index is 0.300. The van der Waals surface area contributed by atoms with E-state index in [0.717, 1.165) is 5.82 Å². The summed E-state index contributed by atoms with van der Waals surface area (Å²) in [4.78, 5) is 7.08. The summed E-state index contributed by atoms with van der Waals surface area (Å²) in [5, 5.41) is 3.45. The Morgan fingerprint density at radius 3 is 2.59 bits per heavy atom. The summed E-state index contributed by atoms with van der Waals surface area (Å²) in [6, 6.07) is 6.64. The van der Waals surface area contributed by atoms with Crippen molar-refractivity contribution < 1.29 is 0 Å². The van der Waals surface area contributed by atoms with Crippen LogP contribution >= 0.6 is 11.3 Å². The molecule has 0 saturated carbocycles. The number of hydrogen-bond donors (Lipinski definition) is 1. The van der Waals surface area contributed by atoms with Gasteiger partial charge in [-0.2, -0.15) is 0 Å². The molecule has 90 valence electrons. The van der Waals surface area contributed by atoms with Gasteiger partial charge in [0.15, 0.2) is 0 Å². The van der Waals surface area contributed by atoms with E-state index in [1.165, 1.54) is 20.9 Å². The van der Waals surface area contributed by atoms with E-state index < -0.39 is 0 Å². The van der Waals surface area contributed by atoms with Gasteiger partial charge in [-0.3, -0.25) is 0 Å². The van der Waals surface area contributed by atoms with Crippen molar-refractivity contribution >= 4 is 17.2 Å². The van der Waals surface area contributed by atoms with Crippen LogP contribution < -0.4 is 5.32 Å². The maximum Gasteiger partial charge on any atom is 0.126 e. The van der Waals surface area contributed by atoms with E-state index in [-0.39, 0.29) is 0 Å². The molecule has 0 aliphatic carbocycles. The van der Waals surface area contributed by atoms with Gasteiger partial charge in [0.05, 0.1) is 6.04 Å². The zero-order chi connectivity index (χ0) is 12.4. The summed E-state index contributed by atoms with van der Waals surface area (Å²) in [6.07, 6.45) is 1.84. The molecule has 0 spiro atoms. The molecule has 0 amide bonds. The van der Waals surface area contributed by atoms with Crippen LogP contribution in [0.5, 0.6) is 0 Å². The lowest BCUT2D eigenvalue weighted by Gasteiger charge is -2.14. The number of hydrogen-bond acceptors (Lipinski definition) is 3. The normalized spacial score (nSPS) is 12.5. The van der Waals surface area contributed by atoms with Gasteiger partial charge in [0.25, 0.3) is 0 Å². The molecule has 0 radical (unpaired) electrons. The van der Waals surface area contributed by atoms with E-state index >= 15 is 0 Å². The van der Waals surface area contributed by atoms with Crippen molar-refractivity contribution in [1.29, 1.82) is 0 Å². The van der Waals surface area contributed by atoms with Gasteiger partial charge in [0.2, 0.25) is 0 Å². The van der Waals surface area contributed by atoms with Crippen molar-refractivity contribution in [1.82, 2.24) is 4.98 Å². The third kappa shape index (κ3) is 2.86. The number of anilines is 1. The number of aromatic nitrogens is 1. The monoisotopic (exact) mass is 246 g/mol. The SMILES string of the molecule is Cc1ccnc(NC(C)c2cc(C)sc2C)c1. The molecule has 0 aromatic carbocycles. The fraction of sp³-hybridized carbons (Fsp3) is 0.357. The molecule has 0 saturated heterocycles. The average molecular weight is 246 g/mol.